The summed E-state index contributed by atoms with van der Waals surface area (Å²) >= 11 is 5.93. The third-order valence-corrected chi connectivity index (χ3v) is 4.74. The number of benzene rings is 1. The molecule has 7 nitrogen and oxygen atoms in total. The number of piperazine rings is 1. The first-order chi connectivity index (χ1) is 14.0. The molecule has 1 saturated heterocycles. The Hall–Kier alpha value is -2.87. The van der Waals surface area contributed by atoms with Crippen molar-refractivity contribution in [2.45, 2.75) is 0 Å². The van der Waals surface area contributed by atoms with Gasteiger partial charge in [0.15, 0.2) is 0 Å². The van der Waals surface area contributed by atoms with Crippen LogP contribution in [0.3, 0.4) is 0 Å². The van der Waals surface area contributed by atoms with Crippen LogP contribution in [0.15, 0.2) is 54.6 Å². The van der Waals surface area contributed by atoms with E-state index in [-0.39, 0.29) is 18.3 Å². The van der Waals surface area contributed by atoms with Gasteiger partial charge in [0.05, 0.1) is 11.4 Å². The molecular formula is C21H22Cl2N4O3. The maximum atomic E-state index is 12.5. The summed E-state index contributed by atoms with van der Waals surface area (Å²) in [6.45, 7) is 2.79. The summed E-state index contributed by atoms with van der Waals surface area (Å²) in [7, 11) is 0. The lowest BCUT2D eigenvalue weighted by molar-refractivity contribution is -0.126. The van der Waals surface area contributed by atoms with Crippen LogP contribution in [0.2, 0.25) is 5.02 Å². The molecular weight excluding hydrogens is 427 g/mol. The number of halogens is 2. The summed E-state index contributed by atoms with van der Waals surface area (Å²) in [6, 6.07) is 13.0. The number of hydroxylamine groups is 1. The van der Waals surface area contributed by atoms with E-state index < -0.39 is 5.91 Å². The molecule has 1 fully saturated rings. The van der Waals surface area contributed by atoms with Gasteiger partial charge < -0.3 is 9.80 Å². The van der Waals surface area contributed by atoms with Crippen molar-refractivity contribution in [3.8, 4) is 0 Å². The van der Waals surface area contributed by atoms with Gasteiger partial charge in [-0.2, -0.15) is 0 Å². The second-order valence-corrected chi connectivity index (χ2v) is 6.86. The van der Waals surface area contributed by atoms with Crippen LogP contribution in [0.25, 0.3) is 12.2 Å². The van der Waals surface area contributed by atoms with E-state index in [1.54, 1.807) is 29.2 Å². The van der Waals surface area contributed by atoms with Gasteiger partial charge in [-0.1, -0.05) is 17.7 Å². The van der Waals surface area contributed by atoms with Crippen molar-refractivity contribution in [2.75, 3.05) is 31.1 Å². The summed E-state index contributed by atoms with van der Waals surface area (Å²) in [5.74, 6) is -0.705. The molecule has 2 aromatic rings. The zero-order valence-electron chi connectivity index (χ0n) is 16.1. The lowest BCUT2D eigenvalue weighted by Crippen LogP contribution is -2.48. The number of nitrogens with one attached hydrogen (secondary N) is 1. The number of amides is 2. The zero-order chi connectivity index (χ0) is 20.6. The number of rotatable bonds is 5. The van der Waals surface area contributed by atoms with E-state index in [0.717, 1.165) is 18.8 Å². The molecule has 1 aromatic heterocycles. The van der Waals surface area contributed by atoms with Gasteiger partial charge in [-0.15, -0.1) is 12.4 Å². The van der Waals surface area contributed by atoms with E-state index >= 15 is 0 Å². The summed E-state index contributed by atoms with van der Waals surface area (Å²) in [5, 5.41) is 9.20. The number of hydrogen-bond acceptors (Lipinski definition) is 5. The molecule has 30 heavy (non-hydrogen) atoms. The van der Waals surface area contributed by atoms with Crippen molar-refractivity contribution in [3.05, 3.63) is 71.0 Å². The molecule has 9 heteroatoms. The molecule has 1 aliphatic heterocycles. The maximum absolute atomic E-state index is 12.5. The number of aromatic nitrogens is 1. The van der Waals surface area contributed by atoms with E-state index in [1.165, 1.54) is 23.7 Å². The van der Waals surface area contributed by atoms with Crippen molar-refractivity contribution in [3.63, 3.8) is 0 Å². The zero-order valence-corrected chi connectivity index (χ0v) is 17.6. The minimum Gasteiger partial charge on any atom is -0.368 e. The Morgan fingerprint density at radius 3 is 2.17 bits per heavy atom. The van der Waals surface area contributed by atoms with Crippen LogP contribution in [0.4, 0.5) is 5.69 Å². The van der Waals surface area contributed by atoms with Crippen molar-refractivity contribution >= 4 is 53.7 Å². The average Bonchev–Trinajstić information content (AvgIpc) is 2.76. The highest BCUT2D eigenvalue weighted by molar-refractivity contribution is 6.30. The van der Waals surface area contributed by atoms with Gasteiger partial charge in [0.25, 0.3) is 5.91 Å². The Morgan fingerprint density at radius 2 is 1.57 bits per heavy atom. The Bertz CT molecular complexity index is 924. The molecule has 0 atom stereocenters. The lowest BCUT2D eigenvalue weighted by atomic mass is 10.2. The molecule has 0 unspecified atom stereocenters. The van der Waals surface area contributed by atoms with Crippen LogP contribution >= 0.6 is 24.0 Å². The largest absolute Gasteiger partial charge is 0.368 e. The van der Waals surface area contributed by atoms with Crippen LogP contribution in [0, 0.1) is 0 Å². The number of carbonyl (C=O) groups excluding carboxylic acids is 2. The molecule has 0 spiro atoms. The third kappa shape index (κ3) is 6.59. The Labute approximate surface area is 186 Å². The number of nitrogens with zero attached hydrogens (tertiary/aromatic N) is 3. The third-order valence-electron chi connectivity index (χ3n) is 4.49. The fraction of sp³-hybridized carbons (Fsp3) is 0.190. The average molecular weight is 449 g/mol. The van der Waals surface area contributed by atoms with Gasteiger partial charge in [0.1, 0.15) is 0 Å². The van der Waals surface area contributed by atoms with Gasteiger partial charge in [-0.05, 0) is 48.6 Å². The molecule has 0 radical (unpaired) electrons. The van der Waals surface area contributed by atoms with Crippen LogP contribution < -0.4 is 10.4 Å². The van der Waals surface area contributed by atoms with Gasteiger partial charge >= 0.3 is 0 Å². The number of hydrogen-bond donors (Lipinski definition) is 2. The fourth-order valence-corrected chi connectivity index (χ4v) is 3.08. The second kappa shape index (κ2) is 11.3. The van der Waals surface area contributed by atoms with Crippen molar-refractivity contribution in [2.24, 2.45) is 0 Å². The van der Waals surface area contributed by atoms with Crippen molar-refractivity contribution in [1.82, 2.24) is 15.4 Å². The van der Waals surface area contributed by atoms with E-state index in [0.29, 0.717) is 29.5 Å². The Morgan fingerprint density at radius 1 is 0.967 bits per heavy atom. The predicted molar refractivity (Wildman–Crippen MR) is 120 cm³/mol. The molecule has 1 aromatic carbocycles. The molecule has 1 aliphatic rings. The predicted octanol–water partition coefficient (Wildman–Crippen LogP) is 3.04. The van der Waals surface area contributed by atoms with Gasteiger partial charge in [-0.25, -0.2) is 10.5 Å². The molecule has 2 amide bonds. The quantitative estimate of drug-likeness (QED) is 0.417. The number of carbonyl (C=O) groups is 2. The first-order valence-corrected chi connectivity index (χ1v) is 9.49. The second-order valence-electron chi connectivity index (χ2n) is 6.42. The van der Waals surface area contributed by atoms with Crippen molar-refractivity contribution in [1.29, 1.82) is 0 Å². The Kier molecular flexibility index (Phi) is 8.86. The molecule has 2 heterocycles. The summed E-state index contributed by atoms with van der Waals surface area (Å²) in [6.07, 6.45) is 5.80. The molecule has 0 aliphatic carbocycles. The maximum Gasteiger partial charge on any atom is 0.267 e. The van der Waals surface area contributed by atoms with E-state index in [4.69, 9.17) is 16.8 Å². The molecule has 2 N–H and O–H groups in total. The molecule has 0 saturated carbocycles. The highest BCUT2D eigenvalue weighted by Crippen LogP contribution is 2.19. The minimum absolute atomic E-state index is 0. The van der Waals surface area contributed by atoms with Crippen LogP contribution in [-0.2, 0) is 9.59 Å². The van der Waals surface area contributed by atoms with Gasteiger partial charge in [-0.3, -0.25) is 14.8 Å². The monoisotopic (exact) mass is 448 g/mol. The smallest absolute Gasteiger partial charge is 0.267 e. The van der Waals surface area contributed by atoms with Gasteiger partial charge in [0, 0.05) is 49.0 Å². The summed E-state index contributed by atoms with van der Waals surface area (Å²) in [4.78, 5) is 31.9. The lowest BCUT2D eigenvalue weighted by Gasteiger charge is -2.35. The van der Waals surface area contributed by atoms with Crippen molar-refractivity contribution < 1.29 is 14.8 Å². The molecule has 158 valence electrons. The topological polar surface area (TPSA) is 85.8 Å². The first kappa shape index (κ1) is 23.4. The Balaban J connectivity index is 0.00000320. The summed E-state index contributed by atoms with van der Waals surface area (Å²) in [5.41, 5.74) is 3.76. The van der Waals surface area contributed by atoms with Crippen LogP contribution in [-0.4, -0.2) is 53.1 Å². The van der Waals surface area contributed by atoms with E-state index in [1.807, 2.05) is 24.3 Å². The highest BCUT2D eigenvalue weighted by Gasteiger charge is 2.19. The first-order valence-electron chi connectivity index (χ1n) is 9.12. The number of anilines is 1. The van der Waals surface area contributed by atoms with Gasteiger partial charge in [0.2, 0.25) is 5.91 Å². The highest BCUT2D eigenvalue weighted by atomic mass is 35.5. The fourth-order valence-electron chi connectivity index (χ4n) is 2.95. The van der Waals surface area contributed by atoms with Crippen LogP contribution in [0.5, 0.6) is 0 Å². The normalized spacial score (nSPS) is 14.1. The minimum atomic E-state index is -0.638. The summed E-state index contributed by atoms with van der Waals surface area (Å²) < 4.78 is 0. The van der Waals surface area contributed by atoms with Crippen LogP contribution in [0.1, 0.15) is 11.4 Å². The van der Waals surface area contributed by atoms with E-state index in [9.17, 15) is 9.59 Å². The SMILES string of the molecule is Cl.O=C(C=Cc1cccc(C=CC(=O)N2CCN(c3ccc(Cl)cc3)CC2)n1)NO. The molecule has 0 bridgehead atoms. The number of pyridine rings is 1. The molecule has 3 rings (SSSR count). The standard InChI is InChI=1S/C21H21ClN4O3.ClH/c22-16-4-8-19(9-5-16)25-12-14-26(15-13-25)21(28)11-7-18-3-1-2-17(23-18)6-10-20(27)24-29;/h1-11,29H,12-15H2,(H,24,27);1H. The van der Waals surface area contributed by atoms with E-state index in [2.05, 4.69) is 9.88 Å².